The van der Waals surface area contributed by atoms with Crippen molar-refractivity contribution in [2.75, 3.05) is 13.7 Å². The van der Waals surface area contributed by atoms with Gasteiger partial charge in [0.25, 0.3) is 0 Å². The molecule has 0 saturated heterocycles. The summed E-state index contributed by atoms with van der Waals surface area (Å²) in [7, 11) is 1.54. The minimum atomic E-state index is -0.720. The quantitative estimate of drug-likeness (QED) is 0.0300. The highest BCUT2D eigenvalue weighted by molar-refractivity contribution is 6.65. The molecular weight excluding hydrogens is 1790 g/mol. The number of benzene rings is 6. The van der Waals surface area contributed by atoms with E-state index in [1.54, 1.807) is 0 Å². The van der Waals surface area contributed by atoms with Gasteiger partial charge in [0.2, 0.25) is 10.5 Å². The number of aliphatic carboxylic acids is 2. The van der Waals surface area contributed by atoms with Gasteiger partial charge in [0, 0.05) is 19.2 Å². The molecule has 18 atom stereocenters. The molecule has 12 aliphatic carbocycles. The number of ether oxygens (including phenoxy) is 5. The van der Waals surface area contributed by atoms with Gasteiger partial charge in [-0.2, -0.15) is 0 Å². The van der Waals surface area contributed by atoms with Gasteiger partial charge in [-0.25, -0.2) is 0 Å². The zero-order valence-electron chi connectivity index (χ0n) is 90.9. The third-order valence-electron chi connectivity index (χ3n) is 41.0. The molecule has 141 heavy (non-hydrogen) atoms. The minimum Gasteiger partial charge on any atom is -0.481 e. The molecule has 6 aromatic rings. The number of carboxylic acids is 2. The van der Waals surface area contributed by atoms with Crippen LogP contribution in [0.3, 0.4) is 0 Å². The smallest absolute Gasteiger partial charge is 0.312 e. The Morgan fingerprint density at radius 2 is 0.496 bits per heavy atom. The first-order valence-corrected chi connectivity index (χ1v) is 55.7. The first kappa shape index (κ1) is 108. The number of hydrogen-bond donors (Lipinski definition) is 2. The Morgan fingerprint density at radius 1 is 0.305 bits per heavy atom. The predicted molar refractivity (Wildman–Crippen MR) is 571 cm³/mol. The largest absolute Gasteiger partial charge is 0.481 e. The van der Waals surface area contributed by atoms with E-state index < -0.39 is 44.4 Å². The molecule has 2 N–H and O–H groups in total. The first-order chi connectivity index (χ1) is 65.7. The summed E-state index contributed by atoms with van der Waals surface area (Å²) in [5.41, 5.74) is 19.2. The number of carboxylic acid groups (broad SMARTS) is 2. The Labute approximate surface area is 858 Å². The zero-order chi connectivity index (χ0) is 102. The highest BCUT2D eigenvalue weighted by Crippen LogP contribution is 2.67. The number of halogens is 2. The lowest BCUT2D eigenvalue weighted by molar-refractivity contribution is -0.165. The van der Waals surface area contributed by atoms with Gasteiger partial charge >= 0.3 is 23.9 Å². The standard InChI is InChI=1S/C45H64O5.C40H52Cl2O3.C40H54O5.B/c1-11-12-23-49-41(47)45(9)22-14-20-43(7)35-27-37(33(29(4)5)25-31(35)16-18-39(43)45)50-36-26-34-30(24-32(36)28(2)3)15-17-38-42(34,6)19-13-21-44(38,8)40(46)48-10;1-23(2)27-19-25-11-13-33-37(5,15-9-17-39(33,7)35(41)43)29(25)21-31(27)45-32-22-30-26(20-28(32)24(3)4)12-14-34-38(30,6)16-10-18-40(34,8)36(42)44;1-23(2)27-19-25-11-13-33-37(5,15-9-17-39(33,7)35(41)42)29(25)21-31(27)45-32-22-30-26(20-28(32)24(3)4)12-14-34-38(30,6)16-10-18-40(34,8)36(43)44;/h24-29,38-39H,11-23H2,1-10H3;19-24,33-34H,9-18H2,1-8H3;19-24,33-34H,9-18H2,1-8H3,(H,41,42)(H,43,44);. The van der Waals surface area contributed by atoms with Crippen molar-refractivity contribution in [3.05, 3.63) is 173 Å². The van der Waals surface area contributed by atoms with Crippen LogP contribution in [0.1, 0.15) is 476 Å². The molecule has 0 heterocycles. The summed E-state index contributed by atoms with van der Waals surface area (Å²) in [6.07, 6.45) is 30.4. The van der Waals surface area contributed by atoms with E-state index >= 15 is 0 Å². The van der Waals surface area contributed by atoms with Crippen molar-refractivity contribution < 1.29 is 62.7 Å². The molecule has 18 unspecified atom stereocenters. The van der Waals surface area contributed by atoms with Crippen LogP contribution in [0.25, 0.3) is 0 Å². The first-order valence-electron chi connectivity index (χ1n) is 55.0. The number of aryl methyl sites for hydroxylation is 6. The van der Waals surface area contributed by atoms with Crippen molar-refractivity contribution >= 4 is 66.0 Å². The van der Waals surface area contributed by atoms with Crippen LogP contribution < -0.4 is 14.2 Å². The molecule has 13 nitrogen and oxygen atoms in total. The van der Waals surface area contributed by atoms with Gasteiger partial charge in [0.1, 0.15) is 34.5 Å². The van der Waals surface area contributed by atoms with Gasteiger partial charge in [-0.15, -0.1) is 0 Å². The third-order valence-corrected chi connectivity index (χ3v) is 41.9. The third kappa shape index (κ3) is 18.1. The molecule has 16 heteroatoms. The predicted octanol–water partition coefficient (Wildman–Crippen LogP) is 32.1. The molecule has 18 rings (SSSR count). The Hall–Kier alpha value is -7.42. The maximum absolute atomic E-state index is 13.7. The van der Waals surface area contributed by atoms with Crippen molar-refractivity contribution in [2.45, 2.75) is 447 Å². The maximum atomic E-state index is 13.7. The lowest BCUT2D eigenvalue weighted by atomic mass is 9.49. The van der Waals surface area contributed by atoms with Crippen molar-refractivity contribution in [2.24, 2.45) is 68.0 Å². The van der Waals surface area contributed by atoms with E-state index in [0.717, 1.165) is 240 Å². The second kappa shape index (κ2) is 39.7. The Morgan fingerprint density at radius 3 is 0.688 bits per heavy atom. The second-order valence-electron chi connectivity index (χ2n) is 51.3. The molecule has 0 aliphatic heterocycles. The van der Waals surface area contributed by atoms with E-state index in [9.17, 15) is 39.0 Å². The average molecular weight is 1960 g/mol. The Balaban J connectivity index is 0.000000159. The minimum absolute atomic E-state index is 0. The molecule has 6 fully saturated rings. The van der Waals surface area contributed by atoms with E-state index in [1.807, 2.05) is 13.8 Å². The SMILES string of the molecule is CC(C)c1cc2c(cc1Oc1cc3c(cc1C(C)C)CCC1C(C)(C(=O)Cl)CCCC31C)C1(C)CCCC(C)(C(=O)Cl)C1CC2.CC(C)c1cc2c(cc1Oc1cc3c(cc1C(C)C)CCC1C(C)(C(=O)O)CCCC31C)C1(C)CCCC(C)(C(=O)O)C1CC2.CCCCOC(=O)C1(C)CCCC2(C)c3cc(Oc4cc5c(cc4C(C)C)CCC4C(C)(C(=O)OC)CCCC54C)c(C(C)C)cc3CCC12.[B]. The van der Waals surface area contributed by atoms with E-state index in [1.165, 1.54) is 107 Å². The highest BCUT2D eigenvalue weighted by Gasteiger charge is 2.63. The number of hydrogen-bond acceptors (Lipinski definition) is 11. The van der Waals surface area contributed by atoms with Crippen LogP contribution in [-0.4, -0.2) is 66.7 Å². The van der Waals surface area contributed by atoms with Gasteiger partial charge in [-0.05, 0) is 451 Å². The number of rotatable bonds is 21. The Kier molecular flexibility index (Phi) is 30.3. The van der Waals surface area contributed by atoms with Gasteiger partial charge < -0.3 is 33.9 Å². The number of fused-ring (bicyclic) bond motifs is 18. The normalized spacial score (nSPS) is 33.0. The van der Waals surface area contributed by atoms with Crippen LogP contribution in [0, 0.1) is 68.0 Å². The zero-order valence-corrected chi connectivity index (χ0v) is 92.4. The van der Waals surface area contributed by atoms with Crippen molar-refractivity contribution in [3.63, 3.8) is 0 Å². The van der Waals surface area contributed by atoms with Crippen molar-refractivity contribution in [1.29, 1.82) is 0 Å². The van der Waals surface area contributed by atoms with E-state index in [4.69, 9.17) is 46.9 Å². The molecular formula is C125H170BCl2O13. The van der Waals surface area contributed by atoms with Crippen LogP contribution in [-0.2, 0) is 109 Å². The molecule has 765 valence electrons. The van der Waals surface area contributed by atoms with Gasteiger partial charge in [0.05, 0.1) is 35.4 Å². The molecule has 0 spiro atoms. The monoisotopic (exact) mass is 1960 g/mol. The molecule has 12 aliphatic rings. The summed E-state index contributed by atoms with van der Waals surface area (Å²) in [6.45, 7) is 56.2. The number of esters is 2. The number of carbonyl (C=O) groups excluding carboxylic acids is 4. The van der Waals surface area contributed by atoms with Crippen molar-refractivity contribution in [3.8, 4) is 34.5 Å². The topological polar surface area (TPSA) is 189 Å². The Bertz CT molecular complexity index is 5360. The lowest BCUT2D eigenvalue weighted by Crippen LogP contribution is -2.53. The van der Waals surface area contributed by atoms with E-state index in [0.29, 0.717) is 30.3 Å². The van der Waals surface area contributed by atoms with Crippen LogP contribution in [0.4, 0.5) is 0 Å². The maximum Gasteiger partial charge on any atom is 0.312 e. The van der Waals surface area contributed by atoms with Crippen molar-refractivity contribution in [1.82, 2.24) is 0 Å². The summed E-state index contributed by atoms with van der Waals surface area (Å²) in [4.78, 5) is 77.8. The van der Waals surface area contributed by atoms with E-state index in [-0.39, 0.29) is 111 Å². The van der Waals surface area contributed by atoms with Gasteiger partial charge in [-0.1, -0.05) is 227 Å². The molecule has 0 bridgehead atoms. The fraction of sp³-hybridized carbons (Fsp3) is 0.664. The molecule has 3 radical (unpaired) electrons. The van der Waals surface area contributed by atoms with Gasteiger partial charge in [0.15, 0.2) is 0 Å². The summed E-state index contributed by atoms with van der Waals surface area (Å²) in [6, 6.07) is 28.3. The fourth-order valence-electron chi connectivity index (χ4n) is 32.9. The number of unbranched alkanes of at least 4 members (excludes halogenated alkanes) is 1. The molecule has 0 amide bonds. The number of carbonyl (C=O) groups is 6. The van der Waals surface area contributed by atoms with Crippen LogP contribution >= 0.6 is 23.2 Å². The summed E-state index contributed by atoms with van der Waals surface area (Å²) in [5.74, 6) is 6.89. The van der Waals surface area contributed by atoms with Crippen LogP contribution in [0.5, 0.6) is 34.5 Å². The van der Waals surface area contributed by atoms with Crippen LogP contribution in [0.15, 0.2) is 72.8 Å². The molecule has 6 aromatic carbocycles. The van der Waals surface area contributed by atoms with Crippen LogP contribution in [0.2, 0.25) is 0 Å². The fourth-order valence-corrected chi connectivity index (χ4v) is 33.3. The van der Waals surface area contributed by atoms with Gasteiger partial charge in [-0.3, -0.25) is 28.8 Å². The summed E-state index contributed by atoms with van der Waals surface area (Å²) < 4.78 is 32.9. The lowest BCUT2D eigenvalue weighted by Gasteiger charge is -2.54. The van der Waals surface area contributed by atoms with E-state index in [2.05, 4.69) is 232 Å². The summed E-state index contributed by atoms with van der Waals surface area (Å²) >= 11 is 12.6. The molecule has 6 saturated carbocycles. The average Bonchev–Trinajstić information content (AvgIpc) is 0.725. The second-order valence-corrected chi connectivity index (χ2v) is 52.0. The summed E-state index contributed by atoms with van der Waals surface area (Å²) in [5, 5.41) is 20.3. The highest BCUT2D eigenvalue weighted by atomic mass is 35.5. The number of methoxy groups -OCH3 is 1. The molecule has 0 aromatic heterocycles.